The van der Waals surface area contributed by atoms with Gasteiger partial charge in [-0.2, -0.15) is 0 Å². The highest BCUT2D eigenvalue weighted by molar-refractivity contribution is 4.94. The Bertz CT molecular complexity index is 394. The summed E-state index contributed by atoms with van der Waals surface area (Å²) in [7, 11) is 1.24. The Hall–Kier alpha value is -0.440. The Balaban J connectivity index is 2.14. The lowest BCUT2D eigenvalue weighted by Gasteiger charge is -2.45. The molecule has 0 aromatic heterocycles. The van der Waals surface area contributed by atoms with Crippen LogP contribution in [-0.4, -0.2) is 117 Å². The molecular weight excluding hydrogens is 332 g/mol. The molecule has 2 heterocycles. The lowest BCUT2D eigenvalue weighted by atomic mass is 9.97. The molecule has 24 heavy (non-hydrogen) atoms. The summed E-state index contributed by atoms with van der Waals surface area (Å²) >= 11 is 0. The third-order valence-electron chi connectivity index (χ3n) is 4.22. The summed E-state index contributed by atoms with van der Waals surface area (Å²) < 4.78 is 20.6. The second kappa shape index (κ2) is 8.29. The summed E-state index contributed by atoms with van der Waals surface area (Å²) in [4.78, 5) is 0. The van der Waals surface area contributed by atoms with Gasteiger partial charge in [-0.05, 0) is 0 Å². The molecule has 2 aliphatic rings. The predicted octanol–water partition coefficient (Wildman–Crippen LogP) is -4.74. The van der Waals surface area contributed by atoms with Gasteiger partial charge < -0.3 is 54.7 Å². The third kappa shape index (κ3) is 3.71. The molecular formula is C13H24O11. The normalized spacial score (nSPS) is 50.0. The van der Waals surface area contributed by atoms with Gasteiger partial charge in [-0.3, -0.25) is 0 Å². The molecule has 0 amide bonds. The van der Waals surface area contributed by atoms with Gasteiger partial charge in [-0.15, -0.1) is 0 Å². The van der Waals surface area contributed by atoms with Crippen LogP contribution in [0.5, 0.6) is 0 Å². The zero-order valence-electron chi connectivity index (χ0n) is 13.0. The van der Waals surface area contributed by atoms with Crippen molar-refractivity contribution in [3.63, 3.8) is 0 Å². The minimum Gasteiger partial charge on any atom is -0.394 e. The fourth-order valence-corrected chi connectivity index (χ4v) is 2.83. The number of hydrogen-bond acceptors (Lipinski definition) is 11. The van der Waals surface area contributed by atoms with Gasteiger partial charge >= 0.3 is 0 Å². The van der Waals surface area contributed by atoms with Crippen LogP contribution in [0.25, 0.3) is 0 Å². The summed E-state index contributed by atoms with van der Waals surface area (Å²) in [6.45, 7) is -1.23. The maximum absolute atomic E-state index is 10.2. The van der Waals surface area contributed by atoms with Crippen molar-refractivity contribution < 1.29 is 54.7 Å². The van der Waals surface area contributed by atoms with E-state index in [1.54, 1.807) is 0 Å². The Morgan fingerprint density at radius 3 is 1.92 bits per heavy atom. The van der Waals surface area contributed by atoms with Gasteiger partial charge in [0.1, 0.15) is 48.8 Å². The maximum atomic E-state index is 10.2. The topological polar surface area (TPSA) is 179 Å². The third-order valence-corrected chi connectivity index (χ3v) is 4.22. The van der Waals surface area contributed by atoms with E-state index < -0.39 is 74.6 Å². The largest absolute Gasteiger partial charge is 0.394 e. The van der Waals surface area contributed by atoms with Crippen LogP contribution >= 0.6 is 0 Å². The fraction of sp³-hybridized carbons (Fsp3) is 1.00. The van der Waals surface area contributed by atoms with E-state index in [2.05, 4.69) is 0 Å². The van der Waals surface area contributed by atoms with E-state index in [1.807, 2.05) is 0 Å². The highest BCUT2D eigenvalue weighted by atomic mass is 16.7. The van der Waals surface area contributed by atoms with E-state index in [4.69, 9.17) is 18.9 Å². The van der Waals surface area contributed by atoms with Gasteiger partial charge in [0.05, 0.1) is 13.2 Å². The smallest absolute Gasteiger partial charge is 0.187 e. The second-order valence-electron chi connectivity index (χ2n) is 5.74. The molecule has 0 aliphatic carbocycles. The molecule has 2 saturated heterocycles. The average molecular weight is 356 g/mol. The highest BCUT2D eigenvalue weighted by Crippen LogP contribution is 2.29. The van der Waals surface area contributed by atoms with Crippen LogP contribution in [0.2, 0.25) is 0 Å². The summed E-state index contributed by atoms with van der Waals surface area (Å²) in [6.07, 6.45) is -14.1. The van der Waals surface area contributed by atoms with E-state index >= 15 is 0 Å². The van der Waals surface area contributed by atoms with Gasteiger partial charge in [-0.1, -0.05) is 0 Å². The van der Waals surface area contributed by atoms with Crippen LogP contribution in [0.3, 0.4) is 0 Å². The number of rotatable bonds is 5. The Labute approximate surface area is 137 Å². The quantitative estimate of drug-likeness (QED) is 0.251. The fourth-order valence-electron chi connectivity index (χ4n) is 2.83. The molecule has 2 aliphatic heterocycles. The van der Waals surface area contributed by atoms with Crippen LogP contribution in [0, 0.1) is 0 Å². The van der Waals surface area contributed by atoms with Crippen molar-refractivity contribution >= 4 is 0 Å². The molecule has 11 nitrogen and oxygen atoms in total. The molecule has 0 radical (unpaired) electrons. The first kappa shape index (κ1) is 19.9. The molecule has 11 heteroatoms. The van der Waals surface area contributed by atoms with Gasteiger partial charge in [0.2, 0.25) is 0 Å². The second-order valence-corrected chi connectivity index (χ2v) is 5.74. The van der Waals surface area contributed by atoms with E-state index in [0.29, 0.717) is 0 Å². The first-order valence-corrected chi connectivity index (χ1v) is 7.46. The Morgan fingerprint density at radius 1 is 0.750 bits per heavy atom. The standard InChI is InChI=1S/C13H24O11/c1-21-11-6(16)4(2-14)23-13(9(11)19)24-10-5(3-15)22-12(20)8(18)7(10)17/h4-20H,2-3H2,1H3/t4?,5?,6-,7+,8?,9?,10+,11-,12+,13-/m0/s1. The van der Waals surface area contributed by atoms with Crippen LogP contribution in [-0.2, 0) is 18.9 Å². The van der Waals surface area contributed by atoms with Crippen molar-refractivity contribution in [1.82, 2.24) is 0 Å². The van der Waals surface area contributed by atoms with Gasteiger partial charge in [0.25, 0.3) is 0 Å². The molecule has 2 fully saturated rings. The number of aliphatic hydroxyl groups is 7. The van der Waals surface area contributed by atoms with Crippen LogP contribution in [0.4, 0.5) is 0 Å². The summed E-state index contributed by atoms with van der Waals surface area (Å²) in [5.41, 5.74) is 0. The zero-order valence-corrected chi connectivity index (χ0v) is 13.0. The monoisotopic (exact) mass is 356 g/mol. The molecule has 0 spiro atoms. The Kier molecular flexibility index (Phi) is 6.87. The summed E-state index contributed by atoms with van der Waals surface area (Å²) in [5, 5.41) is 67.8. The van der Waals surface area contributed by atoms with E-state index in [1.165, 1.54) is 7.11 Å². The highest BCUT2D eigenvalue weighted by Gasteiger charge is 2.50. The van der Waals surface area contributed by atoms with E-state index in [9.17, 15) is 35.7 Å². The number of methoxy groups -OCH3 is 1. The lowest BCUT2D eigenvalue weighted by molar-refractivity contribution is -0.356. The molecule has 0 saturated carbocycles. The number of aliphatic hydroxyl groups excluding tert-OH is 7. The maximum Gasteiger partial charge on any atom is 0.187 e. The zero-order chi connectivity index (χ0) is 18.0. The van der Waals surface area contributed by atoms with Crippen molar-refractivity contribution in [2.75, 3.05) is 20.3 Å². The van der Waals surface area contributed by atoms with Crippen molar-refractivity contribution in [2.24, 2.45) is 0 Å². The molecule has 10 atom stereocenters. The molecule has 0 bridgehead atoms. The lowest BCUT2D eigenvalue weighted by Crippen LogP contribution is -2.64. The molecule has 7 N–H and O–H groups in total. The molecule has 0 aromatic carbocycles. The minimum atomic E-state index is -1.71. The van der Waals surface area contributed by atoms with Gasteiger partial charge in [0.15, 0.2) is 12.6 Å². The van der Waals surface area contributed by atoms with Crippen molar-refractivity contribution in [1.29, 1.82) is 0 Å². The summed E-state index contributed by atoms with van der Waals surface area (Å²) in [5.74, 6) is 0. The van der Waals surface area contributed by atoms with E-state index in [0.717, 1.165) is 0 Å². The van der Waals surface area contributed by atoms with Crippen LogP contribution in [0.15, 0.2) is 0 Å². The predicted molar refractivity (Wildman–Crippen MR) is 73.4 cm³/mol. The van der Waals surface area contributed by atoms with Crippen molar-refractivity contribution in [3.05, 3.63) is 0 Å². The van der Waals surface area contributed by atoms with Crippen molar-refractivity contribution in [2.45, 2.75) is 61.4 Å². The molecule has 142 valence electrons. The average Bonchev–Trinajstić information content (AvgIpc) is 2.57. The van der Waals surface area contributed by atoms with Gasteiger partial charge in [0, 0.05) is 7.11 Å². The Morgan fingerprint density at radius 2 is 1.38 bits per heavy atom. The minimum absolute atomic E-state index is 0.581. The molecule has 4 unspecified atom stereocenters. The van der Waals surface area contributed by atoms with Gasteiger partial charge in [-0.25, -0.2) is 0 Å². The summed E-state index contributed by atoms with van der Waals surface area (Å²) in [6, 6.07) is 0. The van der Waals surface area contributed by atoms with Crippen LogP contribution in [0.1, 0.15) is 0 Å². The van der Waals surface area contributed by atoms with Crippen molar-refractivity contribution in [3.8, 4) is 0 Å². The first-order chi connectivity index (χ1) is 11.3. The number of hydrogen-bond donors (Lipinski definition) is 7. The molecule has 0 aromatic rings. The molecule has 2 rings (SSSR count). The van der Waals surface area contributed by atoms with Crippen LogP contribution < -0.4 is 0 Å². The number of ether oxygens (including phenoxy) is 4. The SMILES string of the molecule is CO[C@@H]1C(O)[C@H](O[C@@H]2C(CO)O[C@@H](O)C(O)[C@H]2O)OC(CO)[C@@H]1O. The van der Waals surface area contributed by atoms with E-state index in [-0.39, 0.29) is 0 Å². The first-order valence-electron chi connectivity index (χ1n) is 7.46.